The van der Waals surface area contributed by atoms with Crippen LogP contribution in [-0.2, 0) is 14.1 Å². The minimum Gasteiger partial charge on any atom is -0.489 e. The predicted octanol–water partition coefficient (Wildman–Crippen LogP) is 0.127. The van der Waals surface area contributed by atoms with Gasteiger partial charge < -0.3 is 19.6 Å². The molecule has 0 radical (unpaired) electrons. The van der Waals surface area contributed by atoms with E-state index in [1.807, 2.05) is 0 Å². The van der Waals surface area contributed by atoms with E-state index in [9.17, 15) is 9.36 Å². The average Bonchev–Trinajstić information content (AvgIpc) is 1.86. The molecule has 0 aromatic heterocycles. The van der Waals surface area contributed by atoms with Gasteiger partial charge in [-0.15, -0.1) is 0 Å². The third kappa shape index (κ3) is 2.65. The van der Waals surface area contributed by atoms with Gasteiger partial charge in [0.1, 0.15) is 0 Å². The van der Waals surface area contributed by atoms with Crippen molar-refractivity contribution in [1.29, 1.82) is 0 Å². The van der Waals surface area contributed by atoms with Crippen LogP contribution in [0.2, 0.25) is 0 Å². The van der Waals surface area contributed by atoms with Gasteiger partial charge in [0, 0.05) is 0 Å². The zero-order valence-electron chi connectivity index (χ0n) is 6.51. The molecule has 0 rings (SSSR count). The van der Waals surface area contributed by atoms with Gasteiger partial charge in [0.05, 0.1) is 12.4 Å². The highest BCUT2D eigenvalue weighted by Crippen LogP contribution is 2.46. The predicted molar refractivity (Wildman–Crippen MR) is 39.4 cm³/mol. The number of aliphatic carboxylic acids is 1. The topological polar surface area (TPSA) is 104 Å². The van der Waals surface area contributed by atoms with Gasteiger partial charge in [-0.3, -0.25) is 4.57 Å². The van der Waals surface area contributed by atoms with Crippen molar-refractivity contribution in [2.45, 2.75) is 6.92 Å². The van der Waals surface area contributed by atoms with Crippen LogP contribution in [0.1, 0.15) is 6.92 Å². The smallest absolute Gasteiger partial charge is 0.371 e. The lowest BCUT2D eigenvalue weighted by Crippen LogP contribution is -2.05. The van der Waals surface area contributed by atoms with Gasteiger partial charge in [-0.25, -0.2) is 4.79 Å². The lowest BCUT2D eigenvalue weighted by Gasteiger charge is -2.07. The van der Waals surface area contributed by atoms with Crippen LogP contribution in [0.4, 0.5) is 0 Å². The van der Waals surface area contributed by atoms with Gasteiger partial charge in [-0.1, -0.05) is 0 Å². The Hall–Kier alpha value is -0.840. The molecule has 0 spiro atoms. The number of rotatable bonds is 3. The van der Waals surface area contributed by atoms with Gasteiger partial charge in [0.25, 0.3) is 0 Å². The average molecular weight is 196 g/mol. The number of carboxylic acid groups (broad SMARTS) is 1. The van der Waals surface area contributed by atoms with Crippen LogP contribution in [0.25, 0.3) is 0 Å². The molecule has 0 saturated carbocycles. The number of hydrogen-bond donors (Lipinski definition) is 3. The summed E-state index contributed by atoms with van der Waals surface area (Å²) in [5.74, 6) is -2.22. The molecule has 0 heterocycles. The monoisotopic (exact) mass is 196 g/mol. The fraction of sp³-hybridized carbons (Fsp3) is 0.400. The Labute approximate surface area is 68.6 Å². The van der Waals surface area contributed by atoms with Crippen LogP contribution in [-0.4, -0.2) is 28.0 Å². The van der Waals surface area contributed by atoms with E-state index in [0.29, 0.717) is 0 Å². The van der Waals surface area contributed by atoms with E-state index in [2.05, 4.69) is 4.74 Å². The van der Waals surface area contributed by atoms with Crippen LogP contribution in [0.3, 0.4) is 0 Å². The van der Waals surface area contributed by atoms with Gasteiger partial charge in [0.2, 0.25) is 5.76 Å². The second-order valence-corrected chi connectivity index (χ2v) is 3.73. The molecular weight excluding hydrogens is 187 g/mol. The highest BCUT2D eigenvalue weighted by Gasteiger charge is 2.25. The van der Waals surface area contributed by atoms with Crippen molar-refractivity contribution in [1.82, 2.24) is 0 Å². The van der Waals surface area contributed by atoms with Crippen molar-refractivity contribution in [3.63, 3.8) is 0 Å². The summed E-state index contributed by atoms with van der Waals surface area (Å²) in [7, 11) is -3.48. The molecule has 0 amide bonds. The summed E-state index contributed by atoms with van der Waals surface area (Å²) < 4.78 is 14.8. The summed E-state index contributed by atoms with van der Waals surface area (Å²) in [5.41, 5.74) is 0. The number of carbonyl (C=O) groups is 1. The minimum atomic E-state index is -4.51. The summed E-state index contributed by atoms with van der Waals surface area (Å²) >= 11 is 0. The van der Waals surface area contributed by atoms with Crippen LogP contribution in [0, 0.1) is 0 Å². The number of carboxylic acids is 1. The minimum absolute atomic E-state index is 0.586. The van der Waals surface area contributed by atoms with E-state index in [-0.39, 0.29) is 0 Å². The second kappa shape index (κ2) is 3.71. The Morgan fingerprint density at radius 1 is 1.42 bits per heavy atom. The first-order valence-corrected chi connectivity index (χ1v) is 4.46. The molecular formula is C5H9O6P. The normalized spacial score (nSPS) is 13.7. The zero-order valence-corrected chi connectivity index (χ0v) is 7.41. The van der Waals surface area contributed by atoms with Crippen LogP contribution in [0.15, 0.2) is 11.1 Å². The maximum atomic E-state index is 10.5. The molecule has 0 bridgehead atoms. The summed E-state index contributed by atoms with van der Waals surface area (Å²) in [6, 6.07) is 0. The molecule has 70 valence electrons. The number of allylic oxidation sites excluding steroid dienone is 1. The van der Waals surface area contributed by atoms with E-state index < -0.39 is 24.6 Å². The van der Waals surface area contributed by atoms with Gasteiger partial charge >= 0.3 is 13.6 Å². The van der Waals surface area contributed by atoms with Gasteiger partial charge in [0.15, 0.2) is 0 Å². The highest BCUT2D eigenvalue weighted by molar-refractivity contribution is 7.56. The molecule has 7 heteroatoms. The van der Waals surface area contributed by atoms with E-state index in [1.54, 1.807) is 0 Å². The van der Waals surface area contributed by atoms with Crippen molar-refractivity contribution in [2.24, 2.45) is 0 Å². The van der Waals surface area contributed by atoms with Crippen molar-refractivity contribution in [3.8, 4) is 0 Å². The quantitative estimate of drug-likeness (QED) is 0.336. The molecule has 0 aliphatic heterocycles. The number of ether oxygens (including phenoxy) is 1. The third-order valence-corrected chi connectivity index (χ3v) is 2.24. The maximum Gasteiger partial charge on any atom is 0.371 e. The van der Waals surface area contributed by atoms with E-state index >= 15 is 0 Å². The standard InChI is InChI=1S/C5H9O6P/c1-3(12(8,9)10)4(11-2)5(6)7/h1-2H3,(H,6,7)(H2,8,9,10). The van der Waals surface area contributed by atoms with Crippen molar-refractivity contribution in [2.75, 3.05) is 7.11 Å². The van der Waals surface area contributed by atoms with Crippen LogP contribution < -0.4 is 0 Å². The van der Waals surface area contributed by atoms with Crippen LogP contribution >= 0.6 is 7.60 Å². The third-order valence-electron chi connectivity index (χ3n) is 1.16. The molecule has 3 N–H and O–H groups in total. The fourth-order valence-electron chi connectivity index (χ4n) is 0.522. The first-order chi connectivity index (χ1) is 5.30. The SMILES string of the molecule is COC(C(=O)O)=C(C)P(=O)(O)O. The number of methoxy groups -OCH3 is 1. The Morgan fingerprint density at radius 2 is 1.83 bits per heavy atom. The Balaban J connectivity index is 5.13. The molecule has 0 fully saturated rings. The summed E-state index contributed by atoms with van der Waals surface area (Å²) in [5, 5.41) is 7.80. The number of hydrogen-bond acceptors (Lipinski definition) is 3. The summed E-state index contributed by atoms with van der Waals surface area (Å²) in [6.07, 6.45) is 0. The molecule has 12 heavy (non-hydrogen) atoms. The second-order valence-electron chi connectivity index (χ2n) is 1.97. The first-order valence-electron chi connectivity index (χ1n) is 2.85. The van der Waals surface area contributed by atoms with Crippen molar-refractivity contribution >= 4 is 13.6 Å². The lowest BCUT2D eigenvalue weighted by atomic mass is 10.5. The molecule has 6 nitrogen and oxygen atoms in total. The molecule has 0 aliphatic carbocycles. The maximum absolute atomic E-state index is 10.5. The van der Waals surface area contributed by atoms with E-state index in [0.717, 1.165) is 14.0 Å². The van der Waals surface area contributed by atoms with Crippen molar-refractivity contribution in [3.05, 3.63) is 11.1 Å². The summed E-state index contributed by atoms with van der Waals surface area (Å²) in [6.45, 7) is 1.01. The van der Waals surface area contributed by atoms with Crippen molar-refractivity contribution < 1.29 is 29.0 Å². The zero-order chi connectivity index (χ0) is 9.94. The Kier molecular flexibility index (Phi) is 3.45. The van der Waals surface area contributed by atoms with Gasteiger partial charge in [-0.05, 0) is 6.92 Å². The largest absolute Gasteiger partial charge is 0.489 e. The molecule has 0 aromatic rings. The molecule has 0 atom stereocenters. The molecule has 0 unspecified atom stereocenters. The van der Waals surface area contributed by atoms with E-state index in [4.69, 9.17) is 14.9 Å². The summed E-state index contributed by atoms with van der Waals surface area (Å²) in [4.78, 5) is 27.4. The fourth-order valence-corrected chi connectivity index (χ4v) is 0.974. The first kappa shape index (κ1) is 11.2. The van der Waals surface area contributed by atoms with E-state index in [1.165, 1.54) is 0 Å². The molecule has 0 saturated heterocycles. The molecule has 0 aliphatic rings. The lowest BCUT2D eigenvalue weighted by molar-refractivity contribution is -0.136. The molecule has 0 aromatic carbocycles. The van der Waals surface area contributed by atoms with Crippen LogP contribution in [0.5, 0.6) is 0 Å². The Bertz CT molecular complexity index is 261. The highest BCUT2D eigenvalue weighted by atomic mass is 31.2. The Morgan fingerprint density at radius 3 is 1.92 bits per heavy atom. The van der Waals surface area contributed by atoms with Gasteiger partial charge in [-0.2, -0.15) is 0 Å².